The molecular formula is C15H19F6N3O2. The van der Waals surface area contributed by atoms with Gasteiger partial charge in [0.25, 0.3) is 0 Å². The highest BCUT2D eigenvalue weighted by Crippen LogP contribution is 2.29. The number of rotatable bonds is 7. The van der Waals surface area contributed by atoms with Gasteiger partial charge < -0.3 is 20.1 Å². The third-order valence-corrected chi connectivity index (χ3v) is 3.00. The van der Waals surface area contributed by atoms with Crippen LogP contribution in [0, 0.1) is 0 Å². The zero-order valence-corrected chi connectivity index (χ0v) is 14.1. The highest BCUT2D eigenvalue weighted by atomic mass is 19.4. The molecule has 0 unspecified atom stereocenters. The van der Waals surface area contributed by atoms with E-state index >= 15 is 0 Å². The molecule has 0 amide bonds. The number of halogens is 6. The van der Waals surface area contributed by atoms with E-state index < -0.39 is 25.4 Å². The highest BCUT2D eigenvalue weighted by molar-refractivity contribution is 5.79. The zero-order chi connectivity index (χ0) is 19.8. The summed E-state index contributed by atoms with van der Waals surface area (Å²) in [5.74, 6) is 0.195. The quantitative estimate of drug-likeness (QED) is 0.429. The second kappa shape index (κ2) is 9.39. The zero-order valence-electron chi connectivity index (χ0n) is 14.1. The molecule has 0 spiro atoms. The van der Waals surface area contributed by atoms with E-state index in [4.69, 9.17) is 4.74 Å². The summed E-state index contributed by atoms with van der Waals surface area (Å²) in [6.45, 7) is -1.62. The predicted octanol–water partition coefficient (Wildman–Crippen LogP) is 3.25. The van der Waals surface area contributed by atoms with Crippen LogP contribution in [-0.2, 0) is 6.54 Å². The summed E-state index contributed by atoms with van der Waals surface area (Å²) in [5, 5.41) is 5.31. The Labute approximate surface area is 146 Å². The number of nitrogens with zero attached hydrogens (tertiary/aromatic N) is 1. The van der Waals surface area contributed by atoms with Gasteiger partial charge in [-0.15, -0.1) is 0 Å². The molecule has 0 aliphatic rings. The Balaban J connectivity index is 2.61. The fourth-order valence-corrected chi connectivity index (χ4v) is 1.83. The van der Waals surface area contributed by atoms with Crippen LogP contribution in [0.2, 0.25) is 0 Å². The molecule has 11 heteroatoms. The minimum atomic E-state index is -4.47. The molecule has 0 bridgehead atoms. The average molecular weight is 387 g/mol. The van der Waals surface area contributed by atoms with Gasteiger partial charge in [0.2, 0.25) is 0 Å². The maximum Gasteiger partial charge on any atom is 0.422 e. The lowest BCUT2D eigenvalue weighted by molar-refractivity contribution is -0.153. The molecule has 2 N–H and O–H groups in total. The van der Waals surface area contributed by atoms with E-state index in [1.165, 1.54) is 32.4 Å². The van der Waals surface area contributed by atoms with E-state index in [0.717, 1.165) is 0 Å². The number of methoxy groups -OCH3 is 1. The van der Waals surface area contributed by atoms with Crippen molar-refractivity contribution < 1.29 is 35.8 Å². The molecule has 0 atom stereocenters. The second-order valence-corrected chi connectivity index (χ2v) is 5.11. The topological polar surface area (TPSA) is 54.9 Å². The van der Waals surface area contributed by atoms with E-state index in [-0.39, 0.29) is 30.5 Å². The normalized spacial score (nSPS) is 12.7. The van der Waals surface area contributed by atoms with E-state index in [2.05, 4.69) is 20.4 Å². The molecule has 0 aliphatic heterocycles. The van der Waals surface area contributed by atoms with E-state index in [9.17, 15) is 26.3 Å². The van der Waals surface area contributed by atoms with Crippen molar-refractivity contribution in [3.63, 3.8) is 0 Å². The lowest BCUT2D eigenvalue weighted by Gasteiger charge is -2.15. The van der Waals surface area contributed by atoms with Crippen LogP contribution >= 0.6 is 0 Å². The van der Waals surface area contributed by atoms with Crippen molar-refractivity contribution in [1.29, 1.82) is 0 Å². The van der Waals surface area contributed by atoms with Gasteiger partial charge >= 0.3 is 12.4 Å². The first-order valence-electron chi connectivity index (χ1n) is 7.42. The fraction of sp³-hybridized carbons (Fsp3) is 0.533. The van der Waals surface area contributed by atoms with Gasteiger partial charge in [0, 0.05) is 20.1 Å². The molecule has 26 heavy (non-hydrogen) atoms. The molecule has 0 saturated carbocycles. The summed E-state index contributed by atoms with van der Waals surface area (Å²) in [6, 6.07) is 4.29. The van der Waals surface area contributed by atoms with Gasteiger partial charge in [-0.2, -0.15) is 26.3 Å². The van der Waals surface area contributed by atoms with E-state index in [1.807, 2.05) is 0 Å². The monoisotopic (exact) mass is 387 g/mol. The van der Waals surface area contributed by atoms with E-state index in [1.54, 1.807) is 0 Å². The van der Waals surface area contributed by atoms with Crippen LogP contribution in [0.1, 0.15) is 12.0 Å². The van der Waals surface area contributed by atoms with Gasteiger partial charge in [0.05, 0.1) is 13.5 Å². The lowest BCUT2D eigenvalue weighted by Crippen LogP contribution is -2.38. The van der Waals surface area contributed by atoms with Crippen LogP contribution in [0.25, 0.3) is 0 Å². The SMILES string of the molecule is CN=C(NCCC(F)(F)F)NCc1ccc(OCC(F)(F)F)c(OC)c1. The van der Waals surface area contributed by atoms with Gasteiger partial charge in [-0.05, 0) is 17.7 Å². The first-order valence-corrected chi connectivity index (χ1v) is 7.42. The Kier molecular flexibility index (Phi) is 7.84. The van der Waals surface area contributed by atoms with Gasteiger partial charge in [-0.25, -0.2) is 0 Å². The number of hydrogen-bond acceptors (Lipinski definition) is 3. The van der Waals surface area contributed by atoms with Crippen LogP contribution < -0.4 is 20.1 Å². The Morgan fingerprint density at radius 1 is 1.04 bits per heavy atom. The molecule has 0 heterocycles. The van der Waals surface area contributed by atoms with Gasteiger partial charge in [-0.1, -0.05) is 6.07 Å². The number of nitrogens with one attached hydrogen (secondary N) is 2. The summed E-state index contributed by atoms with van der Waals surface area (Å²) in [5.41, 5.74) is 0.611. The van der Waals surface area contributed by atoms with E-state index in [0.29, 0.717) is 5.56 Å². The third-order valence-electron chi connectivity index (χ3n) is 3.00. The molecule has 148 valence electrons. The van der Waals surface area contributed by atoms with Crippen LogP contribution in [0.4, 0.5) is 26.3 Å². The van der Waals surface area contributed by atoms with Crippen molar-refractivity contribution in [3.05, 3.63) is 23.8 Å². The molecule has 1 aromatic rings. The highest BCUT2D eigenvalue weighted by Gasteiger charge is 2.29. The summed E-state index contributed by atoms with van der Waals surface area (Å²) < 4.78 is 82.7. The second-order valence-electron chi connectivity index (χ2n) is 5.11. The van der Waals surface area contributed by atoms with Crippen LogP contribution in [-0.4, -0.2) is 45.6 Å². The maximum absolute atomic E-state index is 12.2. The minimum absolute atomic E-state index is 0.0683. The standard InChI is InChI=1S/C15H19F6N3O2/c1-22-13(23-6-5-14(16,17)18)24-8-10-3-4-11(12(7-10)25-2)26-9-15(19,20)21/h3-4,7H,5-6,8-9H2,1-2H3,(H2,22,23,24). The predicted molar refractivity (Wildman–Crippen MR) is 83.4 cm³/mol. The molecule has 0 aliphatic carbocycles. The van der Waals surface area contributed by atoms with Gasteiger partial charge in [-0.3, -0.25) is 4.99 Å². The lowest BCUT2D eigenvalue weighted by atomic mass is 10.2. The number of guanidine groups is 1. The Morgan fingerprint density at radius 3 is 2.27 bits per heavy atom. The molecule has 5 nitrogen and oxygen atoms in total. The van der Waals surface area contributed by atoms with Crippen molar-refractivity contribution in [1.82, 2.24) is 10.6 Å². The van der Waals surface area contributed by atoms with Gasteiger partial charge in [0.1, 0.15) is 0 Å². The molecule has 0 radical (unpaired) electrons. The first kappa shape index (κ1) is 21.7. The fourth-order valence-electron chi connectivity index (χ4n) is 1.83. The van der Waals surface area contributed by atoms with Crippen molar-refractivity contribution in [3.8, 4) is 11.5 Å². The molecule has 1 aromatic carbocycles. The molecular weight excluding hydrogens is 368 g/mol. The number of ether oxygens (including phenoxy) is 2. The number of hydrogen-bond donors (Lipinski definition) is 2. The van der Waals surface area contributed by atoms with Crippen molar-refractivity contribution in [2.45, 2.75) is 25.3 Å². The Hall–Kier alpha value is -2.33. The van der Waals surface area contributed by atoms with Crippen LogP contribution in [0.5, 0.6) is 11.5 Å². The first-order chi connectivity index (χ1) is 12.0. The molecule has 0 fully saturated rings. The van der Waals surface area contributed by atoms with Crippen molar-refractivity contribution in [2.24, 2.45) is 4.99 Å². The molecule has 0 aromatic heterocycles. The molecule has 1 rings (SSSR count). The van der Waals surface area contributed by atoms with Crippen LogP contribution in [0.15, 0.2) is 23.2 Å². The van der Waals surface area contributed by atoms with Gasteiger partial charge in [0.15, 0.2) is 24.1 Å². The summed E-state index contributed by atoms with van der Waals surface area (Å²) in [7, 11) is 2.68. The molecule has 0 saturated heterocycles. The maximum atomic E-state index is 12.2. The summed E-state index contributed by atoms with van der Waals surface area (Å²) >= 11 is 0. The Bertz CT molecular complexity index is 602. The van der Waals surface area contributed by atoms with Crippen LogP contribution in [0.3, 0.4) is 0 Å². The summed E-state index contributed by atoms with van der Waals surface area (Å²) in [6.07, 6.45) is -9.75. The van der Waals surface area contributed by atoms with Crippen molar-refractivity contribution in [2.75, 3.05) is 27.3 Å². The Morgan fingerprint density at radius 2 is 1.73 bits per heavy atom. The summed E-state index contributed by atoms with van der Waals surface area (Å²) in [4.78, 5) is 3.79. The smallest absolute Gasteiger partial charge is 0.422 e. The average Bonchev–Trinajstić information content (AvgIpc) is 2.54. The third kappa shape index (κ3) is 8.67. The number of benzene rings is 1. The van der Waals surface area contributed by atoms with Crippen molar-refractivity contribution >= 4 is 5.96 Å². The number of aliphatic imine (C=N–C) groups is 1. The largest absolute Gasteiger partial charge is 0.493 e. The number of alkyl halides is 6. The minimum Gasteiger partial charge on any atom is -0.493 e.